The Hall–Kier alpha value is -2.29. The number of amides is 1. The number of carboxylic acids is 1. The summed E-state index contributed by atoms with van der Waals surface area (Å²) in [6.45, 7) is 0.177. The Bertz CT molecular complexity index is 558. The SMILES string of the molecule is O=C(O)[C@@H]1CN(C(=O)c2ccc(OC(F)(F)F)cc2)CCO1. The number of halogens is 3. The maximum Gasteiger partial charge on any atom is 0.573 e. The number of rotatable bonds is 3. The number of alkyl halides is 3. The molecule has 6 nitrogen and oxygen atoms in total. The van der Waals surface area contributed by atoms with Gasteiger partial charge in [0.05, 0.1) is 13.2 Å². The highest BCUT2D eigenvalue weighted by Gasteiger charge is 2.32. The fourth-order valence-electron chi connectivity index (χ4n) is 1.96. The molecule has 0 bridgehead atoms. The molecule has 0 radical (unpaired) electrons. The fourth-order valence-corrected chi connectivity index (χ4v) is 1.96. The van der Waals surface area contributed by atoms with E-state index in [0.29, 0.717) is 0 Å². The van der Waals surface area contributed by atoms with Crippen LogP contribution in [0.5, 0.6) is 5.75 Å². The third-order valence-electron chi connectivity index (χ3n) is 2.96. The molecule has 1 amide bonds. The standard InChI is InChI=1S/C13H12F3NO5/c14-13(15,16)22-9-3-1-8(2-4-9)11(18)17-5-6-21-10(7-17)12(19)20/h1-4,10H,5-7H2,(H,19,20)/t10-/m0/s1. The van der Waals surface area contributed by atoms with Crippen LogP contribution in [0.3, 0.4) is 0 Å². The number of aliphatic carboxylic acids is 1. The highest BCUT2D eigenvalue weighted by molar-refractivity contribution is 5.94. The molecule has 1 aromatic carbocycles. The molecule has 9 heteroatoms. The minimum atomic E-state index is -4.80. The number of morpholine rings is 1. The molecule has 2 rings (SSSR count). The average Bonchev–Trinajstić information content (AvgIpc) is 2.46. The van der Waals surface area contributed by atoms with Gasteiger partial charge < -0.3 is 19.5 Å². The molecule has 0 aliphatic carbocycles. The zero-order valence-corrected chi connectivity index (χ0v) is 11.2. The largest absolute Gasteiger partial charge is 0.573 e. The van der Waals surface area contributed by atoms with Gasteiger partial charge in [-0.25, -0.2) is 4.79 Å². The second-order valence-electron chi connectivity index (χ2n) is 4.52. The lowest BCUT2D eigenvalue weighted by Crippen LogP contribution is -2.48. The van der Waals surface area contributed by atoms with Crippen LogP contribution in [0.15, 0.2) is 24.3 Å². The van der Waals surface area contributed by atoms with Crippen LogP contribution in [0, 0.1) is 0 Å². The van der Waals surface area contributed by atoms with E-state index in [1.54, 1.807) is 0 Å². The number of hydrogen-bond acceptors (Lipinski definition) is 4. The molecule has 1 heterocycles. The summed E-state index contributed by atoms with van der Waals surface area (Å²) in [5.74, 6) is -2.09. The summed E-state index contributed by atoms with van der Waals surface area (Å²) in [5.41, 5.74) is 0.139. The lowest BCUT2D eigenvalue weighted by atomic mass is 10.1. The Labute approximate surface area is 123 Å². The Kier molecular flexibility index (Phi) is 4.55. The van der Waals surface area contributed by atoms with Crippen molar-refractivity contribution in [2.45, 2.75) is 12.5 Å². The normalized spacial score (nSPS) is 18.9. The summed E-state index contributed by atoms with van der Waals surface area (Å²) in [5, 5.41) is 8.87. The summed E-state index contributed by atoms with van der Waals surface area (Å²) in [4.78, 5) is 24.3. The molecule has 1 fully saturated rings. The number of hydrogen-bond donors (Lipinski definition) is 1. The van der Waals surface area contributed by atoms with Crippen molar-refractivity contribution in [3.05, 3.63) is 29.8 Å². The smallest absolute Gasteiger partial charge is 0.479 e. The second-order valence-corrected chi connectivity index (χ2v) is 4.52. The first-order valence-corrected chi connectivity index (χ1v) is 6.26. The first kappa shape index (κ1) is 16.1. The molecule has 1 aliphatic heterocycles. The summed E-state index contributed by atoms with van der Waals surface area (Å²) < 4.78 is 44.8. The van der Waals surface area contributed by atoms with Gasteiger partial charge in [0.15, 0.2) is 6.10 Å². The predicted octanol–water partition coefficient (Wildman–Crippen LogP) is 1.51. The molecule has 1 aromatic rings. The Morgan fingerprint density at radius 2 is 1.91 bits per heavy atom. The average molecular weight is 319 g/mol. The van der Waals surface area contributed by atoms with Crippen molar-refractivity contribution in [2.24, 2.45) is 0 Å². The van der Waals surface area contributed by atoms with Crippen LogP contribution in [-0.4, -0.2) is 54.0 Å². The maximum atomic E-state index is 12.2. The molecule has 0 aromatic heterocycles. The zero-order valence-electron chi connectivity index (χ0n) is 11.2. The van der Waals surface area contributed by atoms with Gasteiger partial charge in [0.2, 0.25) is 0 Å². The molecule has 1 aliphatic rings. The van der Waals surface area contributed by atoms with Gasteiger partial charge in [-0.3, -0.25) is 4.79 Å². The quantitative estimate of drug-likeness (QED) is 0.914. The first-order chi connectivity index (χ1) is 10.3. The fraction of sp³-hybridized carbons (Fsp3) is 0.385. The Balaban J connectivity index is 2.05. The number of benzene rings is 1. The predicted molar refractivity (Wildman–Crippen MR) is 66.4 cm³/mol. The van der Waals surface area contributed by atoms with Crippen LogP contribution in [-0.2, 0) is 9.53 Å². The molecule has 0 spiro atoms. The second kappa shape index (κ2) is 6.22. The van der Waals surface area contributed by atoms with E-state index in [-0.39, 0.29) is 25.3 Å². The highest BCUT2D eigenvalue weighted by atomic mass is 19.4. The molecule has 22 heavy (non-hydrogen) atoms. The van der Waals surface area contributed by atoms with Gasteiger partial charge in [-0.1, -0.05) is 0 Å². The summed E-state index contributed by atoms with van der Waals surface area (Å²) in [6, 6.07) is 4.43. The van der Waals surface area contributed by atoms with Gasteiger partial charge in [0.25, 0.3) is 5.91 Å². The van der Waals surface area contributed by atoms with Crippen molar-refractivity contribution in [1.29, 1.82) is 0 Å². The minimum Gasteiger partial charge on any atom is -0.479 e. The highest BCUT2D eigenvalue weighted by Crippen LogP contribution is 2.23. The molecule has 1 atom stereocenters. The van der Waals surface area contributed by atoms with E-state index in [2.05, 4.69) is 4.74 Å². The Morgan fingerprint density at radius 1 is 1.27 bits per heavy atom. The van der Waals surface area contributed by atoms with Crippen molar-refractivity contribution in [3.63, 3.8) is 0 Å². The number of carboxylic acid groups (broad SMARTS) is 1. The van der Waals surface area contributed by atoms with Crippen LogP contribution in [0.2, 0.25) is 0 Å². The number of nitrogens with zero attached hydrogens (tertiary/aromatic N) is 1. The number of carbonyl (C=O) groups excluding carboxylic acids is 1. The lowest BCUT2D eigenvalue weighted by molar-refractivity contribution is -0.274. The van der Waals surface area contributed by atoms with Gasteiger partial charge in [-0.05, 0) is 24.3 Å². The van der Waals surface area contributed by atoms with Crippen molar-refractivity contribution < 1.29 is 37.3 Å². The van der Waals surface area contributed by atoms with E-state index < -0.39 is 30.1 Å². The van der Waals surface area contributed by atoms with Crippen LogP contribution >= 0.6 is 0 Å². The van der Waals surface area contributed by atoms with E-state index in [1.165, 1.54) is 17.0 Å². The summed E-state index contributed by atoms with van der Waals surface area (Å²) in [7, 11) is 0. The van der Waals surface area contributed by atoms with E-state index in [1.807, 2.05) is 0 Å². The Morgan fingerprint density at radius 3 is 2.45 bits per heavy atom. The molecular weight excluding hydrogens is 307 g/mol. The summed E-state index contributed by atoms with van der Waals surface area (Å²) in [6.07, 6.45) is -5.91. The van der Waals surface area contributed by atoms with E-state index in [9.17, 15) is 22.8 Å². The van der Waals surface area contributed by atoms with Crippen molar-refractivity contribution in [3.8, 4) is 5.75 Å². The van der Waals surface area contributed by atoms with Crippen molar-refractivity contribution >= 4 is 11.9 Å². The monoisotopic (exact) mass is 319 g/mol. The van der Waals surface area contributed by atoms with Gasteiger partial charge in [-0.2, -0.15) is 0 Å². The van der Waals surface area contributed by atoms with Crippen LogP contribution < -0.4 is 4.74 Å². The number of ether oxygens (including phenoxy) is 2. The van der Waals surface area contributed by atoms with Gasteiger partial charge in [0.1, 0.15) is 5.75 Å². The van der Waals surface area contributed by atoms with Gasteiger partial charge >= 0.3 is 12.3 Å². The van der Waals surface area contributed by atoms with Crippen molar-refractivity contribution in [1.82, 2.24) is 4.90 Å². The molecule has 0 saturated carbocycles. The molecule has 1 N–H and O–H groups in total. The lowest BCUT2D eigenvalue weighted by Gasteiger charge is -2.30. The third kappa shape index (κ3) is 4.10. The minimum absolute atomic E-state index is 0.0813. The molecule has 120 valence electrons. The van der Waals surface area contributed by atoms with Crippen molar-refractivity contribution in [2.75, 3.05) is 19.7 Å². The van der Waals surface area contributed by atoms with Gasteiger partial charge in [0, 0.05) is 12.1 Å². The number of carbonyl (C=O) groups is 2. The first-order valence-electron chi connectivity index (χ1n) is 6.26. The zero-order chi connectivity index (χ0) is 16.3. The van der Waals surface area contributed by atoms with E-state index in [4.69, 9.17) is 9.84 Å². The van der Waals surface area contributed by atoms with E-state index >= 15 is 0 Å². The van der Waals surface area contributed by atoms with Crippen LogP contribution in [0.4, 0.5) is 13.2 Å². The van der Waals surface area contributed by atoms with Crippen LogP contribution in [0.25, 0.3) is 0 Å². The van der Waals surface area contributed by atoms with E-state index in [0.717, 1.165) is 12.1 Å². The molecule has 1 saturated heterocycles. The topological polar surface area (TPSA) is 76.1 Å². The van der Waals surface area contributed by atoms with Crippen LogP contribution in [0.1, 0.15) is 10.4 Å². The summed E-state index contributed by atoms with van der Waals surface area (Å²) >= 11 is 0. The van der Waals surface area contributed by atoms with Gasteiger partial charge in [-0.15, -0.1) is 13.2 Å². The maximum absolute atomic E-state index is 12.2. The molecule has 0 unspecified atom stereocenters. The third-order valence-corrected chi connectivity index (χ3v) is 2.96. The molecular formula is C13H12F3NO5.